The highest BCUT2D eigenvalue weighted by Crippen LogP contribution is 2.17. The molecule has 2 aromatic heterocycles. The Morgan fingerprint density at radius 3 is 3.06 bits per heavy atom. The quantitative estimate of drug-likeness (QED) is 0.857. The number of nitrogens with one attached hydrogen (secondary N) is 1. The van der Waals surface area contributed by atoms with Crippen molar-refractivity contribution >= 4 is 33.0 Å². The van der Waals surface area contributed by atoms with Crippen LogP contribution >= 0.6 is 27.3 Å². The molecule has 0 atom stereocenters. The molecule has 96 valence electrons. The Bertz CT molecular complexity index is 570. The smallest absolute Gasteiger partial charge is 0.283 e. The second-order valence-electron chi connectivity index (χ2n) is 3.40. The highest BCUT2D eigenvalue weighted by Gasteiger charge is 2.08. The molecule has 0 amide bonds. The third kappa shape index (κ3) is 2.95. The van der Waals surface area contributed by atoms with Gasteiger partial charge in [-0.05, 0) is 15.9 Å². The van der Waals surface area contributed by atoms with E-state index in [2.05, 4.69) is 31.3 Å². The Morgan fingerprint density at radius 2 is 2.39 bits per heavy atom. The van der Waals surface area contributed by atoms with Crippen molar-refractivity contribution in [2.75, 3.05) is 11.9 Å². The molecule has 0 spiro atoms. The van der Waals surface area contributed by atoms with Gasteiger partial charge in [0.2, 0.25) is 0 Å². The minimum atomic E-state index is -0.270. The molecule has 0 bridgehead atoms. The van der Waals surface area contributed by atoms with Crippen molar-refractivity contribution in [1.82, 2.24) is 14.8 Å². The highest BCUT2D eigenvalue weighted by atomic mass is 79.9. The fraction of sp³-hybridized carbons (Fsp3) is 0.300. The van der Waals surface area contributed by atoms with Gasteiger partial charge in [0.15, 0.2) is 0 Å². The number of aliphatic hydroxyl groups excluding tert-OH is 1. The molecule has 0 unspecified atom stereocenters. The third-order valence-corrected chi connectivity index (χ3v) is 3.76. The van der Waals surface area contributed by atoms with E-state index >= 15 is 0 Å². The SMILES string of the molecule is O=c1c(Br)c(NCc2nccs2)cnn1CCO. The zero-order valence-electron chi connectivity index (χ0n) is 9.34. The van der Waals surface area contributed by atoms with Crippen LogP contribution in [0.1, 0.15) is 5.01 Å². The Balaban J connectivity index is 2.14. The Labute approximate surface area is 115 Å². The molecule has 2 rings (SSSR count). The summed E-state index contributed by atoms with van der Waals surface area (Å²) in [5.41, 5.74) is 0.345. The Hall–Kier alpha value is -1.25. The number of thiazole rings is 1. The lowest BCUT2D eigenvalue weighted by molar-refractivity contribution is 0.266. The zero-order chi connectivity index (χ0) is 13.0. The number of aromatic nitrogens is 3. The number of halogens is 1. The van der Waals surface area contributed by atoms with Crippen molar-refractivity contribution in [1.29, 1.82) is 0 Å². The van der Waals surface area contributed by atoms with Gasteiger partial charge in [0.05, 0.1) is 31.6 Å². The van der Waals surface area contributed by atoms with E-state index in [0.717, 1.165) is 5.01 Å². The number of anilines is 1. The summed E-state index contributed by atoms with van der Waals surface area (Å²) in [4.78, 5) is 16.0. The monoisotopic (exact) mass is 330 g/mol. The molecular weight excluding hydrogens is 320 g/mol. The van der Waals surface area contributed by atoms with E-state index < -0.39 is 0 Å². The molecule has 0 aliphatic rings. The molecule has 0 saturated carbocycles. The molecule has 2 aromatic rings. The summed E-state index contributed by atoms with van der Waals surface area (Å²) in [5.74, 6) is 0. The van der Waals surface area contributed by atoms with Gasteiger partial charge in [-0.2, -0.15) is 5.10 Å². The van der Waals surface area contributed by atoms with Crippen LogP contribution in [0.4, 0.5) is 5.69 Å². The molecule has 0 saturated heterocycles. The first-order valence-corrected chi connectivity index (χ1v) is 6.88. The molecule has 0 fully saturated rings. The van der Waals surface area contributed by atoms with E-state index in [1.54, 1.807) is 12.4 Å². The largest absolute Gasteiger partial charge is 0.394 e. The van der Waals surface area contributed by atoms with Crippen molar-refractivity contribution in [2.45, 2.75) is 13.1 Å². The standard InChI is InChI=1S/C10H11BrN4O2S/c11-9-7(13-6-8-12-1-4-18-8)5-14-15(2-3-16)10(9)17/h1,4-5,13,16H,2-3,6H2. The minimum Gasteiger partial charge on any atom is -0.394 e. The molecule has 18 heavy (non-hydrogen) atoms. The summed E-state index contributed by atoms with van der Waals surface area (Å²) < 4.78 is 1.61. The molecule has 2 heterocycles. The van der Waals surface area contributed by atoms with Gasteiger partial charge in [-0.15, -0.1) is 11.3 Å². The van der Waals surface area contributed by atoms with Crippen LogP contribution in [0.15, 0.2) is 27.0 Å². The maximum Gasteiger partial charge on any atom is 0.283 e. The molecule has 0 aliphatic carbocycles. The van der Waals surface area contributed by atoms with Crippen molar-refractivity contribution < 1.29 is 5.11 Å². The summed E-state index contributed by atoms with van der Waals surface area (Å²) >= 11 is 4.77. The fourth-order valence-corrected chi connectivity index (χ4v) is 2.36. The molecule has 8 heteroatoms. The molecule has 0 aliphatic heterocycles. The second-order valence-corrected chi connectivity index (χ2v) is 5.18. The van der Waals surface area contributed by atoms with Gasteiger partial charge >= 0.3 is 0 Å². The molecular formula is C10H11BrN4O2S. The van der Waals surface area contributed by atoms with Crippen LogP contribution in [0.2, 0.25) is 0 Å². The predicted octanol–water partition coefficient (Wildman–Crippen LogP) is 1.07. The van der Waals surface area contributed by atoms with E-state index in [1.807, 2.05) is 5.38 Å². The van der Waals surface area contributed by atoms with Gasteiger partial charge in [0, 0.05) is 11.6 Å². The van der Waals surface area contributed by atoms with E-state index in [9.17, 15) is 4.79 Å². The molecule has 6 nitrogen and oxygen atoms in total. The van der Waals surface area contributed by atoms with Crippen molar-refractivity contribution in [2.24, 2.45) is 0 Å². The topological polar surface area (TPSA) is 80.0 Å². The minimum absolute atomic E-state index is 0.120. The number of hydrogen-bond acceptors (Lipinski definition) is 6. The number of aliphatic hydroxyl groups is 1. The van der Waals surface area contributed by atoms with Crippen molar-refractivity contribution in [3.63, 3.8) is 0 Å². The van der Waals surface area contributed by atoms with Gasteiger partial charge in [-0.3, -0.25) is 4.79 Å². The van der Waals surface area contributed by atoms with Crippen LogP contribution < -0.4 is 10.9 Å². The van der Waals surface area contributed by atoms with Crippen molar-refractivity contribution in [3.05, 3.63) is 37.6 Å². The van der Waals surface area contributed by atoms with Crippen LogP contribution in [-0.2, 0) is 13.1 Å². The van der Waals surface area contributed by atoms with Gasteiger partial charge < -0.3 is 10.4 Å². The average Bonchev–Trinajstić information content (AvgIpc) is 2.87. The molecule has 2 N–H and O–H groups in total. The lowest BCUT2D eigenvalue weighted by Crippen LogP contribution is -2.25. The first kappa shape index (κ1) is 13.2. The highest BCUT2D eigenvalue weighted by molar-refractivity contribution is 9.10. The fourth-order valence-electron chi connectivity index (χ4n) is 1.35. The zero-order valence-corrected chi connectivity index (χ0v) is 11.7. The molecule has 0 aromatic carbocycles. The van der Waals surface area contributed by atoms with Crippen LogP contribution in [-0.4, -0.2) is 26.5 Å². The van der Waals surface area contributed by atoms with E-state index in [1.165, 1.54) is 16.0 Å². The number of nitrogens with zero attached hydrogens (tertiary/aromatic N) is 3. The Morgan fingerprint density at radius 1 is 1.56 bits per heavy atom. The summed E-state index contributed by atoms with van der Waals surface area (Å²) in [6, 6.07) is 0. The normalized spacial score (nSPS) is 10.6. The van der Waals surface area contributed by atoms with Gasteiger partial charge in [0.1, 0.15) is 9.48 Å². The lowest BCUT2D eigenvalue weighted by Gasteiger charge is -2.08. The summed E-state index contributed by atoms with van der Waals surface area (Å²) in [6.07, 6.45) is 3.28. The van der Waals surface area contributed by atoms with Gasteiger partial charge in [-0.1, -0.05) is 0 Å². The van der Waals surface area contributed by atoms with Crippen LogP contribution in [0.5, 0.6) is 0 Å². The first-order chi connectivity index (χ1) is 8.72. The van der Waals surface area contributed by atoms with Crippen molar-refractivity contribution in [3.8, 4) is 0 Å². The summed E-state index contributed by atoms with van der Waals surface area (Å²) in [5, 5.41) is 18.7. The van der Waals surface area contributed by atoms with Crippen LogP contribution in [0.3, 0.4) is 0 Å². The van der Waals surface area contributed by atoms with Crippen LogP contribution in [0.25, 0.3) is 0 Å². The van der Waals surface area contributed by atoms with E-state index in [-0.39, 0.29) is 18.7 Å². The molecule has 0 radical (unpaired) electrons. The van der Waals surface area contributed by atoms with Crippen LogP contribution in [0, 0.1) is 0 Å². The number of rotatable bonds is 5. The predicted molar refractivity (Wildman–Crippen MR) is 72.7 cm³/mol. The number of hydrogen-bond donors (Lipinski definition) is 2. The maximum atomic E-state index is 11.8. The van der Waals surface area contributed by atoms with Gasteiger partial charge in [0.25, 0.3) is 5.56 Å². The average molecular weight is 331 g/mol. The van der Waals surface area contributed by atoms with E-state index in [0.29, 0.717) is 16.7 Å². The lowest BCUT2D eigenvalue weighted by atomic mass is 10.4. The first-order valence-electron chi connectivity index (χ1n) is 5.21. The second kappa shape index (κ2) is 6.07. The maximum absolute atomic E-state index is 11.8. The van der Waals surface area contributed by atoms with Gasteiger partial charge in [-0.25, -0.2) is 9.67 Å². The Kier molecular flexibility index (Phi) is 4.45. The summed E-state index contributed by atoms with van der Waals surface area (Å²) in [7, 11) is 0. The summed E-state index contributed by atoms with van der Waals surface area (Å²) in [6.45, 7) is 0.608. The third-order valence-electron chi connectivity index (χ3n) is 2.21. The van der Waals surface area contributed by atoms with E-state index in [4.69, 9.17) is 5.11 Å².